The highest BCUT2D eigenvalue weighted by Gasteiger charge is 2.45. The molecule has 19 heavy (non-hydrogen) atoms. The molecule has 104 valence electrons. The van der Waals surface area contributed by atoms with Crippen molar-refractivity contribution in [2.24, 2.45) is 0 Å². The number of carbonyl (C=O) groups is 1. The van der Waals surface area contributed by atoms with E-state index < -0.39 is 28.9 Å². The number of aliphatic carboxylic acids is 1. The molecule has 1 fully saturated rings. The van der Waals surface area contributed by atoms with Crippen molar-refractivity contribution in [2.45, 2.75) is 37.3 Å². The Labute approximate surface area is 107 Å². The van der Waals surface area contributed by atoms with Crippen molar-refractivity contribution in [2.75, 3.05) is 0 Å². The fourth-order valence-corrected chi connectivity index (χ4v) is 2.67. The SMILES string of the molecule is O=C(O)C1(c2cc(C(F)(F)F)ccc2O)CCCC1. The zero-order chi connectivity index (χ0) is 14.3. The fraction of sp³-hybridized carbons (Fsp3) is 0.462. The van der Waals surface area contributed by atoms with Gasteiger partial charge in [-0.3, -0.25) is 4.79 Å². The maximum atomic E-state index is 12.7. The zero-order valence-electron chi connectivity index (χ0n) is 10.00. The van der Waals surface area contributed by atoms with Crippen LogP contribution in [0.25, 0.3) is 0 Å². The maximum absolute atomic E-state index is 12.7. The first-order chi connectivity index (χ1) is 8.77. The summed E-state index contributed by atoms with van der Waals surface area (Å²) < 4.78 is 38.1. The molecule has 0 atom stereocenters. The maximum Gasteiger partial charge on any atom is 0.416 e. The van der Waals surface area contributed by atoms with Gasteiger partial charge in [-0.25, -0.2) is 0 Å². The normalized spacial score (nSPS) is 18.5. The monoisotopic (exact) mass is 274 g/mol. The van der Waals surface area contributed by atoms with E-state index in [1.807, 2.05) is 0 Å². The summed E-state index contributed by atoms with van der Waals surface area (Å²) in [6, 6.07) is 2.43. The molecule has 3 nitrogen and oxygen atoms in total. The van der Waals surface area contributed by atoms with Crippen LogP contribution in [0.1, 0.15) is 36.8 Å². The first kappa shape index (κ1) is 13.7. The molecule has 1 aromatic rings. The number of carboxylic acids is 1. The molecule has 0 spiro atoms. The molecule has 0 radical (unpaired) electrons. The minimum absolute atomic E-state index is 0.132. The van der Waals surface area contributed by atoms with Gasteiger partial charge in [-0.05, 0) is 31.0 Å². The Morgan fingerprint density at radius 1 is 1.21 bits per heavy atom. The van der Waals surface area contributed by atoms with Crippen LogP contribution in [-0.2, 0) is 16.4 Å². The molecular formula is C13H13F3O3. The van der Waals surface area contributed by atoms with Crippen LogP contribution in [-0.4, -0.2) is 16.2 Å². The number of phenols is 1. The first-order valence-electron chi connectivity index (χ1n) is 5.91. The summed E-state index contributed by atoms with van der Waals surface area (Å²) >= 11 is 0. The third kappa shape index (κ3) is 2.27. The molecule has 0 unspecified atom stereocenters. The second-order valence-corrected chi connectivity index (χ2v) is 4.82. The largest absolute Gasteiger partial charge is 0.508 e. The number of rotatable bonds is 2. The van der Waals surface area contributed by atoms with Crippen LogP contribution in [0.15, 0.2) is 18.2 Å². The third-order valence-corrected chi connectivity index (χ3v) is 3.71. The van der Waals surface area contributed by atoms with Crippen LogP contribution < -0.4 is 0 Å². The minimum atomic E-state index is -4.55. The fourth-order valence-electron chi connectivity index (χ4n) is 2.67. The molecule has 1 aromatic carbocycles. The molecular weight excluding hydrogens is 261 g/mol. The number of phenolic OH excluding ortho intramolecular Hbond substituents is 1. The lowest BCUT2D eigenvalue weighted by Gasteiger charge is -2.26. The molecule has 0 heterocycles. The van der Waals surface area contributed by atoms with Crippen LogP contribution in [0.4, 0.5) is 13.2 Å². The van der Waals surface area contributed by atoms with E-state index in [-0.39, 0.29) is 18.4 Å². The van der Waals surface area contributed by atoms with E-state index in [2.05, 4.69) is 0 Å². The Hall–Kier alpha value is -1.72. The molecule has 0 bridgehead atoms. The van der Waals surface area contributed by atoms with E-state index >= 15 is 0 Å². The molecule has 1 aliphatic carbocycles. The van der Waals surface area contributed by atoms with E-state index in [1.165, 1.54) is 0 Å². The second kappa shape index (κ2) is 4.43. The lowest BCUT2D eigenvalue weighted by molar-refractivity contribution is -0.144. The van der Waals surface area contributed by atoms with E-state index in [1.54, 1.807) is 0 Å². The van der Waals surface area contributed by atoms with E-state index in [9.17, 15) is 28.2 Å². The highest BCUT2D eigenvalue weighted by atomic mass is 19.4. The quantitative estimate of drug-likeness (QED) is 0.869. The van der Waals surface area contributed by atoms with E-state index in [4.69, 9.17) is 0 Å². The van der Waals surface area contributed by atoms with Crippen molar-refractivity contribution < 1.29 is 28.2 Å². The van der Waals surface area contributed by atoms with Gasteiger partial charge in [0.15, 0.2) is 0 Å². The summed E-state index contributed by atoms with van der Waals surface area (Å²) in [6.45, 7) is 0. The lowest BCUT2D eigenvalue weighted by Crippen LogP contribution is -2.33. The van der Waals surface area contributed by atoms with Gasteiger partial charge in [0.2, 0.25) is 0 Å². The summed E-state index contributed by atoms with van der Waals surface area (Å²) in [6.07, 6.45) is -2.81. The van der Waals surface area contributed by atoms with Gasteiger partial charge in [-0.2, -0.15) is 13.2 Å². The van der Waals surface area contributed by atoms with Crippen molar-refractivity contribution in [3.63, 3.8) is 0 Å². The molecule has 0 amide bonds. The van der Waals surface area contributed by atoms with Crippen molar-refractivity contribution in [3.8, 4) is 5.75 Å². The van der Waals surface area contributed by atoms with Gasteiger partial charge in [0.05, 0.1) is 11.0 Å². The molecule has 0 aromatic heterocycles. The predicted molar refractivity (Wildman–Crippen MR) is 60.9 cm³/mol. The van der Waals surface area contributed by atoms with Crippen molar-refractivity contribution in [3.05, 3.63) is 29.3 Å². The molecule has 1 saturated carbocycles. The number of halogens is 3. The number of aromatic hydroxyl groups is 1. The van der Waals surface area contributed by atoms with Crippen molar-refractivity contribution in [1.82, 2.24) is 0 Å². The Balaban J connectivity index is 2.57. The number of hydrogen-bond donors (Lipinski definition) is 2. The van der Waals surface area contributed by atoms with Crippen LogP contribution >= 0.6 is 0 Å². The van der Waals surface area contributed by atoms with Gasteiger partial charge in [0.1, 0.15) is 5.75 Å². The summed E-state index contributed by atoms with van der Waals surface area (Å²) in [5, 5.41) is 19.1. The average molecular weight is 274 g/mol. The van der Waals surface area contributed by atoms with Gasteiger partial charge in [0.25, 0.3) is 0 Å². The molecule has 0 aliphatic heterocycles. The Morgan fingerprint density at radius 3 is 2.26 bits per heavy atom. The first-order valence-corrected chi connectivity index (χ1v) is 5.91. The van der Waals surface area contributed by atoms with Gasteiger partial charge in [-0.1, -0.05) is 12.8 Å². The number of carboxylic acid groups (broad SMARTS) is 1. The number of alkyl halides is 3. The molecule has 1 aliphatic rings. The van der Waals surface area contributed by atoms with Crippen molar-refractivity contribution in [1.29, 1.82) is 0 Å². The smallest absolute Gasteiger partial charge is 0.416 e. The molecule has 6 heteroatoms. The van der Waals surface area contributed by atoms with Crippen LogP contribution in [0.3, 0.4) is 0 Å². The Morgan fingerprint density at radius 2 is 1.79 bits per heavy atom. The summed E-state index contributed by atoms with van der Waals surface area (Å²) in [4.78, 5) is 11.4. The van der Waals surface area contributed by atoms with E-state index in [0.29, 0.717) is 12.8 Å². The Bertz CT molecular complexity index is 502. The second-order valence-electron chi connectivity index (χ2n) is 4.82. The predicted octanol–water partition coefficient (Wildman–Crippen LogP) is 3.31. The zero-order valence-corrected chi connectivity index (χ0v) is 10.00. The highest BCUT2D eigenvalue weighted by Crippen LogP contribution is 2.46. The van der Waals surface area contributed by atoms with Crippen LogP contribution in [0.5, 0.6) is 5.75 Å². The summed E-state index contributed by atoms with van der Waals surface area (Å²) in [5.74, 6) is -1.57. The topological polar surface area (TPSA) is 57.5 Å². The summed E-state index contributed by atoms with van der Waals surface area (Å²) in [7, 11) is 0. The standard InChI is InChI=1S/C13H13F3O3/c14-13(15,16)8-3-4-10(17)9(7-8)12(11(18)19)5-1-2-6-12/h3-4,7,17H,1-2,5-6H2,(H,18,19). The van der Waals surface area contributed by atoms with Crippen molar-refractivity contribution >= 4 is 5.97 Å². The Kier molecular flexibility index (Phi) is 3.20. The molecule has 2 N–H and O–H groups in total. The number of benzene rings is 1. The number of hydrogen-bond acceptors (Lipinski definition) is 2. The van der Waals surface area contributed by atoms with Gasteiger partial charge >= 0.3 is 12.1 Å². The molecule has 2 rings (SSSR count). The van der Waals surface area contributed by atoms with Gasteiger partial charge in [-0.15, -0.1) is 0 Å². The molecule has 0 saturated heterocycles. The van der Waals surface area contributed by atoms with E-state index in [0.717, 1.165) is 18.2 Å². The summed E-state index contributed by atoms with van der Waals surface area (Å²) in [5.41, 5.74) is -2.47. The highest BCUT2D eigenvalue weighted by molar-refractivity contribution is 5.83. The third-order valence-electron chi connectivity index (χ3n) is 3.71. The van der Waals surface area contributed by atoms with Crippen LogP contribution in [0, 0.1) is 0 Å². The van der Waals surface area contributed by atoms with Crippen LogP contribution in [0.2, 0.25) is 0 Å². The minimum Gasteiger partial charge on any atom is -0.508 e. The average Bonchev–Trinajstić information content (AvgIpc) is 2.78. The lowest BCUT2D eigenvalue weighted by atomic mass is 9.78. The van der Waals surface area contributed by atoms with Gasteiger partial charge in [0, 0.05) is 5.56 Å². The van der Waals surface area contributed by atoms with Gasteiger partial charge < -0.3 is 10.2 Å².